The highest BCUT2D eigenvalue weighted by Gasteiger charge is 2.35. The molecule has 0 spiro atoms. The van der Waals surface area contributed by atoms with Gasteiger partial charge in [0, 0.05) is 19.1 Å². The van der Waals surface area contributed by atoms with Crippen molar-refractivity contribution in [3.63, 3.8) is 0 Å². The second-order valence-electron chi connectivity index (χ2n) is 3.81. The Labute approximate surface area is 74.9 Å². The molecule has 0 aromatic carbocycles. The molecule has 1 rings (SSSR count). The average molecular weight is 176 g/mol. The SMILES string of the molecule is C.CC(C)N1CC[C@](N)(CF)C1. The van der Waals surface area contributed by atoms with Crippen molar-refractivity contribution in [3.05, 3.63) is 0 Å². The zero-order chi connectivity index (χ0) is 8.48. The van der Waals surface area contributed by atoms with Gasteiger partial charge in [-0.1, -0.05) is 7.43 Å². The molecule has 0 amide bonds. The van der Waals surface area contributed by atoms with E-state index in [0.29, 0.717) is 12.6 Å². The Hall–Kier alpha value is -0.150. The third-order valence-corrected chi connectivity index (χ3v) is 2.41. The molecular weight excluding hydrogens is 155 g/mol. The number of alkyl halides is 1. The maximum absolute atomic E-state index is 12.4. The zero-order valence-corrected chi connectivity index (χ0v) is 7.31. The summed E-state index contributed by atoms with van der Waals surface area (Å²) in [5, 5.41) is 0. The summed E-state index contributed by atoms with van der Waals surface area (Å²) in [6, 6.07) is 0.493. The van der Waals surface area contributed by atoms with Gasteiger partial charge in [-0.05, 0) is 20.3 Å². The molecular formula is C9H21FN2. The van der Waals surface area contributed by atoms with Crippen LogP contribution >= 0.6 is 0 Å². The van der Waals surface area contributed by atoms with E-state index >= 15 is 0 Å². The van der Waals surface area contributed by atoms with Gasteiger partial charge in [-0.3, -0.25) is 4.90 Å². The van der Waals surface area contributed by atoms with Crippen molar-refractivity contribution in [2.24, 2.45) is 5.73 Å². The fraction of sp³-hybridized carbons (Fsp3) is 1.00. The third kappa shape index (κ3) is 2.42. The minimum absolute atomic E-state index is 0. The van der Waals surface area contributed by atoms with Crippen LogP contribution in [0.2, 0.25) is 0 Å². The van der Waals surface area contributed by atoms with Crippen molar-refractivity contribution >= 4 is 0 Å². The van der Waals surface area contributed by atoms with Crippen LogP contribution < -0.4 is 5.73 Å². The topological polar surface area (TPSA) is 29.3 Å². The Morgan fingerprint density at radius 1 is 1.58 bits per heavy atom. The van der Waals surface area contributed by atoms with E-state index in [9.17, 15) is 4.39 Å². The Kier molecular flexibility index (Phi) is 4.14. The van der Waals surface area contributed by atoms with Crippen LogP contribution in [-0.2, 0) is 0 Å². The van der Waals surface area contributed by atoms with Gasteiger partial charge in [0.1, 0.15) is 6.67 Å². The minimum Gasteiger partial charge on any atom is -0.322 e. The van der Waals surface area contributed by atoms with Crippen LogP contribution in [0.1, 0.15) is 27.7 Å². The summed E-state index contributed by atoms with van der Waals surface area (Å²) in [5.74, 6) is 0. The molecule has 0 aromatic heterocycles. The molecule has 1 saturated heterocycles. The standard InChI is InChI=1S/C8H17FN2.CH4/c1-7(2)11-4-3-8(10,5-9)6-11;/h7H,3-6,10H2,1-2H3;1H4/t8-;/m0./s1. The predicted molar refractivity (Wildman–Crippen MR) is 51.0 cm³/mol. The minimum atomic E-state index is -0.551. The summed E-state index contributed by atoms with van der Waals surface area (Å²) in [6.45, 7) is 5.49. The van der Waals surface area contributed by atoms with Gasteiger partial charge in [-0.2, -0.15) is 0 Å². The molecule has 74 valence electrons. The summed E-state index contributed by atoms with van der Waals surface area (Å²) in [4.78, 5) is 2.22. The lowest BCUT2D eigenvalue weighted by molar-refractivity contribution is 0.238. The Bertz CT molecular complexity index is 138. The van der Waals surface area contributed by atoms with E-state index in [4.69, 9.17) is 5.73 Å². The van der Waals surface area contributed by atoms with E-state index in [2.05, 4.69) is 18.7 Å². The largest absolute Gasteiger partial charge is 0.322 e. The van der Waals surface area contributed by atoms with Crippen molar-refractivity contribution in [2.75, 3.05) is 19.8 Å². The Morgan fingerprint density at radius 3 is 2.42 bits per heavy atom. The second-order valence-corrected chi connectivity index (χ2v) is 3.81. The Morgan fingerprint density at radius 2 is 2.17 bits per heavy atom. The summed E-state index contributed by atoms with van der Waals surface area (Å²) in [7, 11) is 0. The predicted octanol–water partition coefficient (Wildman–Crippen LogP) is 1.40. The molecule has 2 nitrogen and oxygen atoms in total. The lowest BCUT2D eigenvalue weighted by Gasteiger charge is -2.23. The maximum Gasteiger partial charge on any atom is 0.109 e. The third-order valence-electron chi connectivity index (χ3n) is 2.41. The number of hydrogen-bond donors (Lipinski definition) is 1. The zero-order valence-electron chi connectivity index (χ0n) is 7.31. The molecule has 0 bridgehead atoms. The quantitative estimate of drug-likeness (QED) is 0.689. The number of hydrogen-bond acceptors (Lipinski definition) is 2. The van der Waals surface area contributed by atoms with Gasteiger partial charge >= 0.3 is 0 Å². The van der Waals surface area contributed by atoms with E-state index in [1.54, 1.807) is 0 Å². The van der Waals surface area contributed by atoms with Crippen molar-refractivity contribution in [1.82, 2.24) is 4.90 Å². The van der Waals surface area contributed by atoms with Crippen molar-refractivity contribution in [1.29, 1.82) is 0 Å². The van der Waals surface area contributed by atoms with Gasteiger partial charge in [0.2, 0.25) is 0 Å². The lowest BCUT2D eigenvalue weighted by Crippen LogP contribution is -2.45. The number of nitrogens with two attached hydrogens (primary N) is 1. The van der Waals surface area contributed by atoms with Crippen LogP contribution in [-0.4, -0.2) is 36.2 Å². The smallest absolute Gasteiger partial charge is 0.109 e. The Balaban J connectivity index is 0.00000121. The lowest BCUT2D eigenvalue weighted by atomic mass is 10.0. The maximum atomic E-state index is 12.4. The molecule has 2 N–H and O–H groups in total. The van der Waals surface area contributed by atoms with Crippen LogP contribution in [0.5, 0.6) is 0 Å². The highest BCUT2D eigenvalue weighted by Crippen LogP contribution is 2.20. The van der Waals surface area contributed by atoms with Crippen molar-refractivity contribution < 1.29 is 4.39 Å². The van der Waals surface area contributed by atoms with Gasteiger partial charge < -0.3 is 5.73 Å². The van der Waals surface area contributed by atoms with E-state index in [-0.39, 0.29) is 7.43 Å². The first kappa shape index (κ1) is 11.8. The molecule has 0 unspecified atom stereocenters. The first-order chi connectivity index (χ1) is 5.07. The second kappa shape index (κ2) is 4.19. The van der Waals surface area contributed by atoms with Crippen LogP contribution in [0.3, 0.4) is 0 Å². The highest BCUT2D eigenvalue weighted by molar-refractivity contribution is 4.94. The first-order valence-corrected chi connectivity index (χ1v) is 4.16. The molecule has 3 heteroatoms. The van der Waals surface area contributed by atoms with Gasteiger partial charge in [-0.15, -0.1) is 0 Å². The fourth-order valence-electron chi connectivity index (χ4n) is 1.48. The number of rotatable bonds is 2. The number of likely N-dealkylation sites (tertiary alicyclic amines) is 1. The number of nitrogens with zero attached hydrogens (tertiary/aromatic N) is 1. The molecule has 12 heavy (non-hydrogen) atoms. The van der Waals surface area contributed by atoms with Crippen molar-refractivity contribution in [3.8, 4) is 0 Å². The van der Waals surface area contributed by atoms with Crippen LogP contribution in [0.25, 0.3) is 0 Å². The van der Waals surface area contributed by atoms with E-state index < -0.39 is 12.2 Å². The molecule has 1 fully saturated rings. The fourth-order valence-corrected chi connectivity index (χ4v) is 1.48. The molecule has 0 radical (unpaired) electrons. The van der Waals surface area contributed by atoms with Crippen molar-refractivity contribution in [2.45, 2.75) is 39.3 Å². The van der Waals surface area contributed by atoms with Gasteiger partial charge in [-0.25, -0.2) is 4.39 Å². The van der Waals surface area contributed by atoms with E-state index in [0.717, 1.165) is 13.0 Å². The first-order valence-electron chi connectivity index (χ1n) is 4.16. The van der Waals surface area contributed by atoms with Crippen LogP contribution in [0, 0.1) is 0 Å². The van der Waals surface area contributed by atoms with Gasteiger partial charge in [0.25, 0.3) is 0 Å². The van der Waals surface area contributed by atoms with Gasteiger partial charge in [0.15, 0.2) is 0 Å². The molecule has 0 aliphatic carbocycles. The molecule has 1 aliphatic rings. The molecule has 0 aromatic rings. The normalized spacial score (nSPS) is 30.8. The molecule has 1 heterocycles. The van der Waals surface area contributed by atoms with Crippen LogP contribution in [0.15, 0.2) is 0 Å². The summed E-state index contributed by atoms with van der Waals surface area (Å²) in [6.07, 6.45) is 0.793. The van der Waals surface area contributed by atoms with E-state index in [1.165, 1.54) is 0 Å². The van der Waals surface area contributed by atoms with E-state index in [1.807, 2.05) is 0 Å². The molecule has 0 saturated carbocycles. The summed E-state index contributed by atoms with van der Waals surface area (Å²) < 4.78 is 12.4. The van der Waals surface area contributed by atoms with Crippen LogP contribution in [0.4, 0.5) is 4.39 Å². The van der Waals surface area contributed by atoms with Gasteiger partial charge in [0.05, 0.1) is 5.54 Å². The summed E-state index contributed by atoms with van der Waals surface area (Å²) in [5.41, 5.74) is 5.22. The monoisotopic (exact) mass is 176 g/mol. The average Bonchev–Trinajstić information content (AvgIpc) is 2.33. The molecule has 1 aliphatic heterocycles. The molecule has 1 atom stereocenters. The highest BCUT2D eigenvalue weighted by atomic mass is 19.1. The summed E-state index contributed by atoms with van der Waals surface area (Å²) >= 11 is 0. The number of halogens is 1.